The number of rotatable bonds is 6. The number of halogens is 2. The van der Waals surface area contributed by atoms with Crippen LogP contribution in [-0.4, -0.2) is 6.04 Å². The third-order valence-corrected chi connectivity index (χ3v) is 3.06. The Hall–Kier alpha value is -1.94. The summed E-state index contributed by atoms with van der Waals surface area (Å²) < 4.78 is 32.3. The zero-order valence-corrected chi connectivity index (χ0v) is 12.2. The summed E-state index contributed by atoms with van der Waals surface area (Å²) in [5.41, 5.74) is 1.20. The molecule has 0 atom stereocenters. The predicted octanol–water partition coefficient (Wildman–Crippen LogP) is 4.04. The van der Waals surface area contributed by atoms with Crippen LogP contribution in [0.2, 0.25) is 0 Å². The summed E-state index contributed by atoms with van der Waals surface area (Å²) >= 11 is 0. The van der Waals surface area contributed by atoms with Crippen molar-refractivity contribution in [1.82, 2.24) is 5.32 Å². The lowest BCUT2D eigenvalue weighted by Gasteiger charge is -2.14. The van der Waals surface area contributed by atoms with Gasteiger partial charge in [0.15, 0.2) is 0 Å². The van der Waals surface area contributed by atoms with Crippen LogP contribution in [0.15, 0.2) is 42.5 Å². The molecule has 0 bridgehead atoms. The molecule has 2 aromatic rings. The van der Waals surface area contributed by atoms with E-state index in [9.17, 15) is 8.78 Å². The van der Waals surface area contributed by atoms with Gasteiger partial charge in [-0.2, -0.15) is 0 Å². The Kier molecular flexibility index (Phi) is 5.28. The number of nitrogens with one attached hydrogen (secondary N) is 1. The van der Waals surface area contributed by atoms with Crippen molar-refractivity contribution in [3.8, 4) is 5.75 Å². The van der Waals surface area contributed by atoms with Crippen LogP contribution in [0.4, 0.5) is 8.78 Å². The molecule has 112 valence electrons. The zero-order chi connectivity index (χ0) is 15.2. The molecule has 2 nitrogen and oxygen atoms in total. The van der Waals surface area contributed by atoms with Crippen molar-refractivity contribution in [1.29, 1.82) is 0 Å². The summed E-state index contributed by atoms with van der Waals surface area (Å²) in [5, 5.41) is 3.31. The van der Waals surface area contributed by atoms with Gasteiger partial charge in [0.05, 0.1) is 0 Å². The molecule has 0 radical (unpaired) electrons. The summed E-state index contributed by atoms with van der Waals surface area (Å²) in [7, 11) is 0. The van der Waals surface area contributed by atoms with Gasteiger partial charge in [-0.1, -0.05) is 32.0 Å². The fourth-order valence-electron chi connectivity index (χ4n) is 1.91. The van der Waals surface area contributed by atoms with Crippen molar-refractivity contribution in [3.05, 3.63) is 65.2 Å². The van der Waals surface area contributed by atoms with Crippen LogP contribution in [0.5, 0.6) is 5.75 Å². The molecule has 0 aliphatic carbocycles. The Morgan fingerprint density at radius 2 is 1.81 bits per heavy atom. The molecule has 2 aromatic carbocycles. The molecule has 0 heterocycles. The highest BCUT2D eigenvalue weighted by atomic mass is 19.1. The van der Waals surface area contributed by atoms with Crippen LogP contribution >= 0.6 is 0 Å². The maximum Gasteiger partial charge on any atom is 0.130 e. The minimum absolute atomic E-state index is 0.00227. The number of para-hydroxylation sites is 1. The minimum Gasteiger partial charge on any atom is -0.488 e. The van der Waals surface area contributed by atoms with Gasteiger partial charge in [0, 0.05) is 23.7 Å². The van der Waals surface area contributed by atoms with Gasteiger partial charge in [0.1, 0.15) is 24.0 Å². The molecule has 0 spiro atoms. The monoisotopic (exact) mass is 291 g/mol. The standard InChI is InChI=1S/C17H19F2NO/c1-12(2)20-10-13-5-3-4-6-17(13)21-11-14-9-15(18)7-8-16(14)19/h3-9,12,20H,10-11H2,1-2H3. The largest absolute Gasteiger partial charge is 0.488 e. The second-order valence-corrected chi connectivity index (χ2v) is 5.17. The van der Waals surface area contributed by atoms with Crippen molar-refractivity contribution in [3.63, 3.8) is 0 Å². The van der Waals surface area contributed by atoms with Crippen LogP contribution in [-0.2, 0) is 13.2 Å². The molecule has 0 saturated carbocycles. The van der Waals surface area contributed by atoms with Crippen molar-refractivity contribution in [2.45, 2.75) is 33.0 Å². The molecule has 2 rings (SSSR count). The molecule has 0 fully saturated rings. The smallest absolute Gasteiger partial charge is 0.130 e. The molecular formula is C17H19F2NO. The highest BCUT2D eigenvalue weighted by Crippen LogP contribution is 2.20. The minimum atomic E-state index is -0.468. The SMILES string of the molecule is CC(C)NCc1ccccc1OCc1cc(F)ccc1F. The van der Waals surface area contributed by atoms with Gasteiger partial charge in [-0.15, -0.1) is 0 Å². The van der Waals surface area contributed by atoms with E-state index in [1.807, 2.05) is 24.3 Å². The summed E-state index contributed by atoms with van der Waals surface area (Å²) in [6, 6.07) is 11.3. The highest BCUT2D eigenvalue weighted by Gasteiger charge is 2.07. The van der Waals surface area contributed by atoms with E-state index >= 15 is 0 Å². The quantitative estimate of drug-likeness (QED) is 0.867. The van der Waals surface area contributed by atoms with E-state index < -0.39 is 11.6 Å². The van der Waals surface area contributed by atoms with Crippen molar-refractivity contribution >= 4 is 0 Å². The van der Waals surface area contributed by atoms with Gasteiger partial charge in [0.2, 0.25) is 0 Å². The van der Waals surface area contributed by atoms with E-state index in [-0.39, 0.29) is 12.2 Å². The molecule has 0 aromatic heterocycles. The Balaban J connectivity index is 2.07. The normalized spacial score (nSPS) is 10.9. The van der Waals surface area contributed by atoms with Crippen LogP contribution in [0.25, 0.3) is 0 Å². The zero-order valence-electron chi connectivity index (χ0n) is 12.2. The van der Waals surface area contributed by atoms with Crippen molar-refractivity contribution in [2.75, 3.05) is 0 Å². The number of ether oxygens (including phenoxy) is 1. The molecule has 4 heteroatoms. The van der Waals surface area contributed by atoms with Gasteiger partial charge in [-0.3, -0.25) is 0 Å². The maximum atomic E-state index is 13.6. The summed E-state index contributed by atoms with van der Waals surface area (Å²) in [6.07, 6.45) is 0. The second kappa shape index (κ2) is 7.18. The fraction of sp³-hybridized carbons (Fsp3) is 0.294. The molecule has 0 saturated heterocycles. The topological polar surface area (TPSA) is 21.3 Å². The van der Waals surface area contributed by atoms with Crippen LogP contribution in [0.3, 0.4) is 0 Å². The van der Waals surface area contributed by atoms with Crippen LogP contribution < -0.4 is 10.1 Å². The summed E-state index contributed by atoms with van der Waals surface area (Å²) in [6.45, 7) is 4.79. The number of hydrogen-bond acceptors (Lipinski definition) is 2. The van der Waals surface area contributed by atoms with Gasteiger partial charge < -0.3 is 10.1 Å². The van der Waals surface area contributed by atoms with E-state index in [1.165, 1.54) is 0 Å². The van der Waals surface area contributed by atoms with Crippen molar-refractivity contribution in [2.24, 2.45) is 0 Å². The molecule has 0 unspecified atom stereocenters. The highest BCUT2D eigenvalue weighted by molar-refractivity contribution is 5.33. The first-order valence-corrected chi connectivity index (χ1v) is 6.94. The van der Waals surface area contributed by atoms with E-state index in [0.717, 1.165) is 23.8 Å². The molecule has 1 N–H and O–H groups in total. The van der Waals surface area contributed by atoms with Crippen molar-refractivity contribution < 1.29 is 13.5 Å². The van der Waals surface area contributed by atoms with E-state index in [0.29, 0.717) is 18.3 Å². The molecule has 0 aliphatic rings. The maximum absolute atomic E-state index is 13.6. The first-order valence-electron chi connectivity index (χ1n) is 6.94. The first kappa shape index (κ1) is 15.4. The lowest BCUT2D eigenvalue weighted by Crippen LogP contribution is -2.22. The van der Waals surface area contributed by atoms with Crippen LogP contribution in [0.1, 0.15) is 25.0 Å². The Bertz CT molecular complexity index is 599. The predicted molar refractivity (Wildman–Crippen MR) is 79.1 cm³/mol. The van der Waals surface area contributed by atoms with Crippen LogP contribution in [0, 0.1) is 11.6 Å². The third kappa shape index (κ3) is 4.53. The Morgan fingerprint density at radius 3 is 2.57 bits per heavy atom. The molecule has 0 amide bonds. The molecular weight excluding hydrogens is 272 g/mol. The first-order chi connectivity index (χ1) is 10.1. The summed E-state index contributed by atoms with van der Waals surface area (Å²) in [5.74, 6) is -0.256. The van der Waals surface area contributed by atoms with Gasteiger partial charge in [-0.25, -0.2) is 8.78 Å². The van der Waals surface area contributed by atoms with E-state index in [2.05, 4.69) is 19.2 Å². The van der Waals surface area contributed by atoms with E-state index in [1.54, 1.807) is 0 Å². The average Bonchev–Trinajstić information content (AvgIpc) is 2.47. The van der Waals surface area contributed by atoms with Gasteiger partial charge in [-0.05, 0) is 24.3 Å². The lowest BCUT2D eigenvalue weighted by atomic mass is 10.2. The average molecular weight is 291 g/mol. The number of hydrogen-bond donors (Lipinski definition) is 1. The van der Waals surface area contributed by atoms with E-state index in [4.69, 9.17) is 4.74 Å². The second-order valence-electron chi connectivity index (χ2n) is 5.17. The summed E-state index contributed by atoms with van der Waals surface area (Å²) in [4.78, 5) is 0. The Morgan fingerprint density at radius 1 is 1.05 bits per heavy atom. The van der Waals surface area contributed by atoms with Gasteiger partial charge in [0.25, 0.3) is 0 Å². The Labute approximate surface area is 123 Å². The van der Waals surface area contributed by atoms with Gasteiger partial charge >= 0.3 is 0 Å². The lowest BCUT2D eigenvalue weighted by molar-refractivity contribution is 0.295. The number of benzene rings is 2. The third-order valence-electron chi connectivity index (χ3n) is 3.06. The molecule has 0 aliphatic heterocycles. The molecule has 21 heavy (non-hydrogen) atoms. The fourth-order valence-corrected chi connectivity index (χ4v) is 1.91.